The molecule has 0 bridgehead atoms. The molecule has 1 heterocycles. The maximum Gasteiger partial charge on any atom is 0.422 e. The third kappa shape index (κ3) is 4.38. The summed E-state index contributed by atoms with van der Waals surface area (Å²) in [6, 6.07) is 6.07. The number of anilines is 1. The van der Waals surface area contributed by atoms with Crippen LogP contribution in [0.25, 0.3) is 0 Å². The molecule has 150 valence electrons. The highest BCUT2D eigenvalue weighted by Gasteiger charge is 2.51. The van der Waals surface area contributed by atoms with Crippen LogP contribution in [0.1, 0.15) is 32.6 Å². The first-order valence-corrected chi connectivity index (χ1v) is 9.15. The second kappa shape index (κ2) is 7.67. The molecule has 2 fully saturated rings. The van der Waals surface area contributed by atoms with Crippen LogP contribution in [-0.2, 0) is 9.53 Å². The predicted octanol–water partition coefficient (Wildman–Crippen LogP) is 3.30. The first-order valence-electron chi connectivity index (χ1n) is 9.15. The Morgan fingerprint density at radius 1 is 1.26 bits per heavy atom. The van der Waals surface area contributed by atoms with E-state index in [-0.39, 0.29) is 17.8 Å². The molecule has 1 saturated heterocycles. The van der Waals surface area contributed by atoms with Crippen LogP contribution in [0, 0.1) is 5.41 Å². The van der Waals surface area contributed by atoms with Crippen molar-refractivity contribution in [3.05, 3.63) is 24.3 Å². The van der Waals surface area contributed by atoms with E-state index in [1.165, 1.54) is 12.1 Å². The second-order valence-corrected chi connectivity index (χ2v) is 7.19. The lowest BCUT2D eigenvalue weighted by atomic mass is 9.70. The highest BCUT2D eigenvalue weighted by atomic mass is 19.4. The zero-order valence-electron chi connectivity index (χ0n) is 15.2. The molecule has 1 saturated carbocycles. The normalized spacial score (nSPS) is 28.8. The van der Waals surface area contributed by atoms with Gasteiger partial charge in [-0.15, -0.1) is 0 Å². The van der Waals surface area contributed by atoms with Crippen molar-refractivity contribution >= 4 is 11.6 Å². The number of aliphatic hydroxyl groups excluding tert-OH is 1. The second-order valence-electron chi connectivity index (χ2n) is 7.19. The van der Waals surface area contributed by atoms with E-state index in [0.717, 1.165) is 0 Å². The molecule has 1 aromatic rings. The van der Waals surface area contributed by atoms with E-state index in [0.29, 0.717) is 44.5 Å². The van der Waals surface area contributed by atoms with Crippen LogP contribution in [-0.4, -0.2) is 49.2 Å². The van der Waals surface area contributed by atoms with Gasteiger partial charge in [0.2, 0.25) is 5.91 Å². The molecule has 3 rings (SSSR count). The molecular weight excluding hydrogens is 363 g/mol. The molecule has 5 nitrogen and oxygen atoms in total. The summed E-state index contributed by atoms with van der Waals surface area (Å²) in [6.45, 7) is 1.53. The van der Waals surface area contributed by atoms with Gasteiger partial charge in [-0.2, -0.15) is 13.2 Å². The fourth-order valence-electron chi connectivity index (χ4n) is 3.99. The van der Waals surface area contributed by atoms with E-state index in [1.54, 1.807) is 17.0 Å². The Hall–Kier alpha value is -1.80. The summed E-state index contributed by atoms with van der Waals surface area (Å²) < 4.78 is 47.0. The number of carbonyl (C=O) groups excluding carboxylic acids is 1. The number of benzene rings is 1. The van der Waals surface area contributed by atoms with Gasteiger partial charge < -0.3 is 19.5 Å². The largest absolute Gasteiger partial charge is 0.484 e. The number of hydrogen-bond acceptors (Lipinski definition) is 4. The van der Waals surface area contributed by atoms with Gasteiger partial charge in [0, 0.05) is 18.8 Å². The summed E-state index contributed by atoms with van der Waals surface area (Å²) in [5.41, 5.74) is 0.0974. The molecule has 1 aromatic carbocycles. The lowest BCUT2D eigenvalue weighted by Gasteiger charge is -2.39. The van der Waals surface area contributed by atoms with E-state index in [1.807, 2.05) is 6.92 Å². The zero-order chi connectivity index (χ0) is 19.7. The molecule has 1 aliphatic carbocycles. The van der Waals surface area contributed by atoms with Crippen molar-refractivity contribution in [2.45, 2.75) is 51.0 Å². The number of alkyl halides is 3. The number of carbonyl (C=O) groups is 1. The Kier molecular flexibility index (Phi) is 5.67. The van der Waals surface area contributed by atoms with Gasteiger partial charge in [-0.3, -0.25) is 4.79 Å². The molecule has 1 spiro atoms. The van der Waals surface area contributed by atoms with Crippen molar-refractivity contribution < 1.29 is 32.5 Å². The molecule has 0 radical (unpaired) electrons. The highest BCUT2D eigenvalue weighted by Crippen LogP contribution is 2.46. The molecule has 1 aliphatic heterocycles. The molecule has 3 atom stereocenters. The minimum Gasteiger partial charge on any atom is -0.484 e. The molecule has 2 aliphatic rings. The Bertz CT molecular complexity index is 664. The number of nitrogens with zero attached hydrogens (tertiary/aromatic N) is 1. The van der Waals surface area contributed by atoms with E-state index >= 15 is 0 Å². The lowest BCUT2D eigenvalue weighted by molar-refractivity contribution is -0.153. The predicted molar refractivity (Wildman–Crippen MR) is 92.7 cm³/mol. The summed E-state index contributed by atoms with van der Waals surface area (Å²) in [7, 11) is 0. The van der Waals surface area contributed by atoms with Crippen LogP contribution < -0.4 is 9.64 Å². The fourth-order valence-corrected chi connectivity index (χ4v) is 3.99. The highest BCUT2D eigenvalue weighted by molar-refractivity contribution is 6.00. The van der Waals surface area contributed by atoms with Gasteiger partial charge in [0.1, 0.15) is 5.75 Å². The molecule has 1 amide bonds. The average Bonchev–Trinajstić information content (AvgIpc) is 2.93. The van der Waals surface area contributed by atoms with E-state index in [9.17, 15) is 23.1 Å². The molecule has 1 N–H and O–H groups in total. The number of halogens is 3. The standard InChI is InChI=1S/C19H24F3NO4/c1-2-26-16-11-18(8-7-15(16)24)9-10-23(17(18)25)13-3-5-14(6-4-13)27-12-19(20,21)22/h3-6,15-16,24H,2,7-12H2,1H3/t15-,16-,18+/m0/s1. The third-order valence-corrected chi connectivity index (χ3v) is 5.38. The van der Waals surface area contributed by atoms with Crippen LogP contribution in [0.5, 0.6) is 5.75 Å². The van der Waals surface area contributed by atoms with Crippen molar-refractivity contribution in [3.8, 4) is 5.75 Å². The smallest absolute Gasteiger partial charge is 0.422 e. The average molecular weight is 387 g/mol. The van der Waals surface area contributed by atoms with E-state index in [4.69, 9.17) is 9.47 Å². The third-order valence-electron chi connectivity index (χ3n) is 5.38. The number of rotatable bonds is 5. The molecule has 8 heteroatoms. The minimum atomic E-state index is -4.39. The van der Waals surface area contributed by atoms with Crippen LogP contribution in [0.15, 0.2) is 24.3 Å². The van der Waals surface area contributed by atoms with Crippen molar-refractivity contribution in [1.29, 1.82) is 0 Å². The Morgan fingerprint density at radius 3 is 2.59 bits per heavy atom. The van der Waals surface area contributed by atoms with Gasteiger partial charge in [-0.05, 0) is 56.9 Å². The summed E-state index contributed by atoms with van der Waals surface area (Å²) in [5.74, 6) is 0.0951. The van der Waals surface area contributed by atoms with Crippen LogP contribution in [0.2, 0.25) is 0 Å². The van der Waals surface area contributed by atoms with Gasteiger partial charge in [0.05, 0.1) is 17.6 Å². The van der Waals surface area contributed by atoms with Crippen molar-refractivity contribution in [2.24, 2.45) is 5.41 Å². The zero-order valence-corrected chi connectivity index (χ0v) is 15.2. The minimum absolute atomic E-state index is 0.0111. The van der Waals surface area contributed by atoms with Crippen molar-refractivity contribution in [2.75, 3.05) is 24.7 Å². The molecular formula is C19H24F3NO4. The number of aliphatic hydroxyl groups is 1. The molecule has 0 aromatic heterocycles. The summed E-state index contributed by atoms with van der Waals surface area (Å²) in [5, 5.41) is 10.1. The summed E-state index contributed by atoms with van der Waals surface area (Å²) >= 11 is 0. The van der Waals surface area contributed by atoms with Crippen LogP contribution in [0.3, 0.4) is 0 Å². The van der Waals surface area contributed by atoms with Gasteiger partial charge in [0.15, 0.2) is 6.61 Å². The summed E-state index contributed by atoms with van der Waals surface area (Å²) in [4.78, 5) is 14.8. The summed E-state index contributed by atoms with van der Waals surface area (Å²) in [6.07, 6.45) is -2.99. The van der Waals surface area contributed by atoms with E-state index in [2.05, 4.69) is 0 Å². The fraction of sp³-hybridized carbons (Fsp3) is 0.632. The number of hydrogen-bond donors (Lipinski definition) is 1. The maximum absolute atomic E-state index is 13.1. The molecule has 27 heavy (non-hydrogen) atoms. The topological polar surface area (TPSA) is 59.0 Å². The van der Waals surface area contributed by atoms with Gasteiger partial charge in [-0.25, -0.2) is 0 Å². The van der Waals surface area contributed by atoms with Gasteiger partial charge >= 0.3 is 6.18 Å². The van der Waals surface area contributed by atoms with Crippen LogP contribution >= 0.6 is 0 Å². The quantitative estimate of drug-likeness (QED) is 0.842. The van der Waals surface area contributed by atoms with Crippen molar-refractivity contribution in [3.63, 3.8) is 0 Å². The lowest BCUT2D eigenvalue weighted by Crippen LogP contribution is -2.46. The van der Waals surface area contributed by atoms with E-state index < -0.39 is 24.3 Å². The molecule has 0 unspecified atom stereocenters. The Morgan fingerprint density at radius 2 is 1.96 bits per heavy atom. The SMILES string of the molecule is CCO[C@H]1C[C@@]2(CC[C@@H]1O)CCN(c1ccc(OCC(F)(F)F)cc1)C2=O. The Balaban J connectivity index is 1.68. The van der Waals surface area contributed by atoms with Gasteiger partial charge in [-0.1, -0.05) is 0 Å². The number of amides is 1. The first-order chi connectivity index (χ1) is 12.7. The monoisotopic (exact) mass is 387 g/mol. The van der Waals surface area contributed by atoms with Crippen molar-refractivity contribution in [1.82, 2.24) is 0 Å². The van der Waals surface area contributed by atoms with Gasteiger partial charge in [0.25, 0.3) is 0 Å². The number of ether oxygens (including phenoxy) is 2. The Labute approximate surface area is 156 Å². The first kappa shape index (κ1) is 19.9. The maximum atomic E-state index is 13.1. The van der Waals surface area contributed by atoms with Crippen LogP contribution in [0.4, 0.5) is 18.9 Å².